The quantitative estimate of drug-likeness (QED) is 0.780. The van der Waals surface area contributed by atoms with Gasteiger partial charge in [0, 0.05) is 5.69 Å². The summed E-state index contributed by atoms with van der Waals surface area (Å²) in [5, 5.41) is 3.02. The Morgan fingerprint density at radius 2 is 1.83 bits per heavy atom. The first-order valence-corrected chi connectivity index (χ1v) is 8.25. The first kappa shape index (κ1) is 17.5. The van der Waals surface area contributed by atoms with Gasteiger partial charge in [0.05, 0.1) is 29.4 Å². The van der Waals surface area contributed by atoms with Crippen molar-refractivity contribution in [2.45, 2.75) is 17.1 Å². The molecule has 0 fully saturated rings. The lowest BCUT2D eigenvalue weighted by atomic mass is 10.3. The van der Waals surface area contributed by atoms with Gasteiger partial charge in [0.1, 0.15) is 11.5 Å². The molecule has 2 aromatic rings. The van der Waals surface area contributed by atoms with Crippen LogP contribution in [0.2, 0.25) is 5.02 Å². The Morgan fingerprint density at radius 1 is 1.13 bits per heavy atom. The predicted molar refractivity (Wildman–Crippen MR) is 94.9 cm³/mol. The molecule has 0 radical (unpaired) electrons. The van der Waals surface area contributed by atoms with E-state index in [0.29, 0.717) is 16.5 Å². The number of ether oxygens (including phenoxy) is 2. The van der Waals surface area contributed by atoms with Crippen LogP contribution in [-0.2, 0) is 4.79 Å². The van der Waals surface area contributed by atoms with Crippen LogP contribution < -0.4 is 14.8 Å². The molecule has 1 N–H and O–H groups in total. The number of thioether (sulfide) groups is 1. The van der Waals surface area contributed by atoms with E-state index in [9.17, 15) is 4.79 Å². The molecular weight excluding hydrogens is 334 g/mol. The predicted octanol–water partition coefficient (Wildman–Crippen LogP) is 4.48. The smallest absolute Gasteiger partial charge is 0.237 e. The maximum absolute atomic E-state index is 12.3. The summed E-state index contributed by atoms with van der Waals surface area (Å²) < 4.78 is 10.4. The van der Waals surface area contributed by atoms with E-state index in [1.165, 1.54) is 11.8 Å². The fourth-order valence-corrected chi connectivity index (χ4v) is 3.18. The van der Waals surface area contributed by atoms with Crippen LogP contribution in [0.3, 0.4) is 0 Å². The Bertz CT molecular complexity index is 693. The van der Waals surface area contributed by atoms with Gasteiger partial charge >= 0.3 is 0 Å². The van der Waals surface area contributed by atoms with E-state index in [2.05, 4.69) is 5.32 Å². The minimum atomic E-state index is -0.285. The minimum absolute atomic E-state index is 0.109. The average Bonchev–Trinajstić information content (AvgIpc) is 2.55. The summed E-state index contributed by atoms with van der Waals surface area (Å²) in [5.74, 6) is 1.22. The van der Waals surface area contributed by atoms with E-state index in [4.69, 9.17) is 21.1 Å². The van der Waals surface area contributed by atoms with E-state index in [-0.39, 0.29) is 11.2 Å². The van der Waals surface area contributed by atoms with Crippen molar-refractivity contribution in [3.05, 3.63) is 47.5 Å². The van der Waals surface area contributed by atoms with E-state index < -0.39 is 0 Å². The molecule has 0 aliphatic carbocycles. The highest BCUT2D eigenvalue weighted by atomic mass is 35.5. The summed E-state index contributed by atoms with van der Waals surface area (Å²) in [6.07, 6.45) is 0. The van der Waals surface area contributed by atoms with Gasteiger partial charge in [-0.25, -0.2) is 0 Å². The van der Waals surface area contributed by atoms with Crippen LogP contribution >= 0.6 is 23.4 Å². The van der Waals surface area contributed by atoms with Gasteiger partial charge in [0.25, 0.3) is 0 Å². The average molecular weight is 352 g/mol. The fraction of sp³-hybridized carbons (Fsp3) is 0.235. The first-order chi connectivity index (χ1) is 11.0. The van der Waals surface area contributed by atoms with Crippen molar-refractivity contribution in [1.82, 2.24) is 0 Å². The van der Waals surface area contributed by atoms with Crippen LogP contribution in [-0.4, -0.2) is 25.4 Å². The van der Waals surface area contributed by atoms with E-state index >= 15 is 0 Å². The molecule has 0 saturated carbocycles. The van der Waals surface area contributed by atoms with Crippen molar-refractivity contribution in [1.29, 1.82) is 0 Å². The fourth-order valence-electron chi connectivity index (χ4n) is 1.95. The van der Waals surface area contributed by atoms with E-state index in [1.54, 1.807) is 32.4 Å². The summed E-state index contributed by atoms with van der Waals surface area (Å²) in [6.45, 7) is 1.84. The minimum Gasteiger partial charge on any atom is -0.496 e. The zero-order valence-corrected chi connectivity index (χ0v) is 14.7. The number of amides is 1. The molecule has 0 saturated heterocycles. The van der Waals surface area contributed by atoms with Gasteiger partial charge in [-0.05, 0) is 37.3 Å². The van der Waals surface area contributed by atoms with Crippen molar-refractivity contribution >= 4 is 35.0 Å². The van der Waals surface area contributed by atoms with Gasteiger partial charge in [-0.2, -0.15) is 0 Å². The molecule has 0 bridgehead atoms. The number of carbonyl (C=O) groups excluding carboxylic acids is 1. The van der Waals surface area contributed by atoms with Crippen LogP contribution in [0.15, 0.2) is 47.4 Å². The van der Waals surface area contributed by atoms with Gasteiger partial charge in [-0.1, -0.05) is 23.7 Å². The highest BCUT2D eigenvalue weighted by molar-refractivity contribution is 8.00. The lowest BCUT2D eigenvalue weighted by Gasteiger charge is -2.14. The number of hydrogen-bond acceptors (Lipinski definition) is 4. The van der Waals surface area contributed by atoms with Gasteiger partial charge in [0.15, 0.2) is 0 Å². The second kappa shape index (κ2) is 8.13. The number of rotatable bonds is 6. The summed E-state index contributed by atoms with van der Waals surface area (Å²) in [7, 11) is 3.16. The SMILES string of the molecule is COc1ccc(NC(=O)C(C)Sc2ccccc2OC)cc1Cl. The molecule has 2 aromatic carbocycles. The molecule has 122 valence electrons. The van der Waals surface area contributed by atoms with E-state index in [0.717, 1.165) is 10.6 Å². The van der Waals surface area contributed by atoms with Crippen molar-refractivity contribution in [2.24, 2.45) is 0 Å². The zero-order valence-electron chi connectivity index (χ0n) is 13.1. The second-order valence-electron chi connectivity index (χ2n) is 4.75. The molecule has 1 amide bonds. The molecule has 2 rings (SSSR count). The van der Waals surface area contributed by atoms with Crippen molar-refractivity contribution in [3.8, 4) is 11.5 Å². The number of methoxy groups -OCH3 is 2. The van der Waals surface area contributed by atoms with Crippen LogP contribution in [0, 0.1) is 0 Å². The maximum atomic E-state index is 12.3. The largest absolute Gasteiger partial charge is 0.496 e. The molecule has 4 nitrogen and oxygen atoms in total. The molecule has 23 heavy (non-hydrogen) atoms. The molecule has 1 atom stereocenters. The van der Waals surface area contributed by atoms with Crippen LogP contribution in [0.25, 0.3) is 0 Å². The summed E-state index contributed by atoms with van der Waals surface area (Å²) in [6, 6.07) is 12.7. The van der Waals surface area contributed by atoms with Gasteiger partial charge in [-0.3, -0.25) is 4.79 Å². The zero-order chi connectivity index (χ0) is 16.8. The normalized spacial score (nSPS) is 11.7. The monoisotopic (exact) mass is 351 g/mol. The number of halogens is 1. The summed E-state index contributed by atoms with van der Waals surface area (Å²) in [4.78, 5) is 13.3. The maximum Gasteiger partial charge on any atom is 0.237 e. The molecular formula is C17H18ClNO3S. The molecule has 0 aromatic heterocycles. The Labute approximate surface area is 145 Å². The molecule has 1 unspecified atom stereocenters. The topological polar surface area (TPSA) is 47.6 Å². The Kier molecular flexibility index (Phi) is 6.19. The van der Waals surface area contributed by atoms with Crippen molar-refractivity contribution < 1.29 is 14.3 Å². The number of hydrogen-bond donors (Lipinski definition) is 1. The van der Waals surface area contributed by atoms with E-state index in [1.807, 2.05) is 31.2 Å². The number of anilines is 1. The number of benzene rings is 2. The lowest BCUT2D eigenvalue weighted by Crippen LogP contribution is -2.22. The highest BCUT2D eigenvalue weighted by Crippen LogP contribution is 2.33. The molecule has 6 heteroatoms. The third-order valence-electron chi connectivity index (χ3n) is 3.16. The van der Waals surface area contributed by atoms with Gasteiger partial charge in [-0.15, -0.1) is 11.8 Å². The summed E-state index contributed by atoms with van der Waals surface area (Å²) >= 11 is 7.50. The Balaban J connectivity index is 2.04. The third-order valence-corrected chi connectivity index (χ3v) is 4.62. The number of carbonyl (C=O) groups is 1. The van der Waals surface area contributed by atoms with Crippen LogP contribution in [0.4, 0.5) is 5.69 Å². The third kappa shape index (κ3) is 4.56. The Hall–Kier alpha value is -1.85. The molecule has 0 aliphatic heterocycles. The number of nitrogens with one attached hydrogen (secondary N) is 1. The first-order valence-electron chi connectivity index (χ1n) is 6.99. The molecule has 0 aliphatic rings. The van der Waals surface area contributed by atoms with Crippen molar-refractivity contribution in [3.63, 3.8) is 0 Å². The molecule has 0 heterocycles. The van der Waals surface area contributed by atoms with Crippen LogP contribution in [0.1, 0.15) is 6.92 Å². The Morgan fingerprint density at radius 3 is 2.48 bits per heavy atom. The van der Waals surface area contributed by atoms with Crippen LogP contribution in [0.5, 0.6) is 11.5 Å². The second-order valence-corrected chi connectivity index (χ2v) is 6.54. The number of para-hydroxylation sites is 1. The van der Waals surface area contributed by atoms with Crippen molar-refractivity contribution in [2.75, 3.05) is 19.5 Å². The van der Waals surface area contributed by atoms with Gasteiger partial charge < -0.3 is 14.8 Å². The van der Waals surface area contributed by atoms with Gasteiger partial charge in [0.2, 0.25) is 5.91 Å². The molecule has 0 spiro atoms. The standard InChI is InChI=1S/C17H18ClNO3S/c1-11(23-16-7-5-4-6-15(16)22-3)17(20)19-12-8-9-14(21-2)13(18)10-12/h4-11H,1-3H3,(H,19,20). The highest BCUT2D eigenvalue weighted by Gasteiger charge is 2.17. The lowest BCUT2D eigenvalue weighted by molar-refractivity contribution is -0.115. The summed E-state index contributed by atoms with van der Waals surface area (Å²) in [5.41, 5.74) is 0.633.